The van der Waals surface area contributed by atoms with E-state index < -0.39 is 17.8 Å². The van der Waals surface area contributed by atoms with Gasteiger partial charge in [0.05, 0.1) is 12.7 Å². The monoisotopic (exact) mass is 206 g/mol. The van der Waals surface area contributed by atoms with Crippen LogP contribution in [0.4, 0.5) is 19.1 Å². The molecule has 14 heavy (non-hydrogen) atoms. The summed E-state index contributed by atoms with van der Waals surface area (Å²) in [6.45, 7) is 1.80. The van der Waals surface area contributed by atoms with Crippen LogP contribution in [0, 0.1) is 6.07 Å². The molecule has 0 aromatic carbocycles. The molecule has 0 saturated carbocycles. The number of hydrogen-bond acceptors (Lipinski definition) is 4. The van der Waals surface area contributed by atoms with E-state index >= 15 is 0 Å². The Morgan fingerprint density at radius 2 is 2.07 bits per heavy atom. The lowest BCUT2D eigenvalue weighted by Gasteiger charge is -2.07. The van der Waals surface area contributed by atoms with Gasteiger partial charge in [-0.3, -0.25) is 0 Å². The molecule has 0 fully saturated rings. The number of anilines is 1. The summed E-state index contributed by atoms with van der Waals surface area (Å²) < 4.78 is 41.2. The van der Waals surface area contributed by atoms with Crippen LogP contribution in [-0.2, 0) is 6.18 Å². The standard InChI is InChI=1S/C7H7F3N3O/c1-2-14-5-3-4(7(8,9)10)12-6(11)13-5/h2H2,1H3,(H2,11,12,13). The third kappa shape index (κ3) is 2.48. The zero-order chi connectivity index (χ0) is 10.8. The maximum Gasteiger partial charge on any atom is 0.434 e. The van der Waals surface area contributed by atoms with E-state index in [9.17, 15) is 13.2 Å². The van der Waals surface area contributed by atoms with Gasteiger partial charge in [0.15, 0.2) is 5.69 Å². The first-order chi connectivity index (χ1) is 6.43. The predicted molar refractivity (Wildman–Crippen MR) is 41.5 cm³/mol. The molecule has 1 heterocycles. The Kier molecular flexibility index (Phi) is 2.78. The van der Waals surface area contributed by atoms with Crippen molar-refractivity contribution in [2.45, 2.75) is 13.1 Å². The molecule has 0 spiro atoms. The fraction of sp³-hybridized carbons (Fsp3) is 0.429. The lowest BCUT2D eigenvalue weighted by Crippen LogP contribution is -2.12. The second kappa shape index (κ2) is 3.69. The van der Waals surface area contributed by atoms with Gasteiger partial charge in [0.1, 0.15) is 0 Å². The molecule has 0 saturated heterocycles. The molecule has 7 heteroatoms. The van der Waals surface area contributed by atoms with Crippen molar-refractivity contribution in [3.05, 3.63) is 11.8 Å². The molecule has 0 aliphatic heterocycles. The third-order valence-electron chi connectivity index (χ3n) is 1.22. The maximum absolute atomic E-state index is 12.2. The number of hydrogen-bond donors (Lipinski definition) is 1. The maximum atomic E-state index is 12.2. The van der Waals surface area contributed by atoms with Crippen LogP contribution in [0.3, 0.4) is 0 Å². The van der Waals surface area contributed by atoms with Crippen molar-refractivity contribution in [1.29, 1.82) is 0 Å². The van der Waals surface area contributed by atoms with E-state index in [2.05, 4.69) is 9.97 Å². The molecule has 2 N–H and O–H groups in total. The highest BCUT2D eigenvalue weighted by atomic mass is 19.4. The van der Waals surface area contributed by atoms with Gasteiger partial charge in [0.25, 0.3) is 0 Å². The Labute approximate surface area is 77.9 Å². The number of rotatable bonds is 2. The van der Waals surface area contributed by atoms with Crippen LogP contribution in [0.15, 0.2) is 0 Å². The Morgan fingerprint density at radius 1 is 1.43 bits per heavy atom. The fourth-order valence-corrected chi connectivity index (χ4v) is 0.740. The zero-order valence-corrected chi connectivity index (χ0v) is 7.22. The first-order valence-corrected chi connectivity index (χ1v) is 3.70. The zero-order valence-electron chi connectivity index (χ0n) is 7.22. The van der Waals surface area contributed by atoms with Crippen LogP contribution in [0.5, 0.6) is 5.88 Å². The van der Waals surface area contributed by atoms with Gasteiger partial charge in [-0.25, -0.2) is 4.98 Å². The van der Waals surface area contributed by atoms with Crippen LogP contribution < -0.4 is 10.5 Å². The summed E-state index contributed by atoms with van der Waals surface area (Å²) in [6.07, 6.45) is -4.59. The van der Waals surface area contributed by atoms with Crippen molar-refractivity contribution in [2.24, 2.45) is 0 Å². The molecule has 1 aromatic rings. The molecular formula is C7H7F3N3O. The third-order valence-corrected chi connectivity index (χ3v) is 1.22. The van der Waals surface area contributed by atoms with Gasteiger partial charge in [-0.2, -0.15) is 18.2 Å². The van der Waals surface area contributed by atoms with Gasteiger partial charge in [-0.05, 0) is 6.92 Å². The van der Waals surface area contributed by atoms with E-state index in [0.29, 0.717) is 0 Å². The van der Waals surface area contributed by atoms with Crippen LogP contribution in [0.1, 0.15) is 12.6 Å². The fourth-order valence-electron chi connectivity index (χ4n) is 0.740. The van der Waals surface area contributed by atoms with Gasteiger partial charge in [-0.1, -0.05) is 0 Å². The van der Waals surface area contributed by atoms with Crippen molar-refractivity contribution in [3.8, 4) is 5.88 Å². The predicted octanol–water partition coefficient (Wildman–Crippen LogP) is 1.28. The average molecular weight is 206 g/mol. The summed E-state index contributed by atoms with van der Waals surface area (Å²) in [6, 6.07) is 1.88. The molecule has 0 aliphatic carbocycles. The Morgan fingerprint density at radius 3 is 2.57 bits per heavy atom. The summed E-state index contributed by atoms with van der Waals surface area (Å²) in [7, 11) is 0. The quantitative estimate of drug-likeness (QED) is 0.791. The smallest absolute Gasteiger partial charge is 0.434 e. The topological polar surface area (TPSA) is 61.0 Å². The molecular weight excluding hydrogens is 199 g/mol. The van der Waals surface area contributed by atoms with Gasteiger partial charge in [0.2, 0.25) is 11.8 Å². The van der Waals surface area contributed by atoms with Crippen molar-refractivity contribution in [1.82, 2.24) is 9.97 Å². The summed E-state index contributed by atoms with van der Waals surface area (Å²) >= 11 is 0. The lowest BCUT2D eigenvalue weighted by atomic mass is 10.4. The van der Waals surface area contributed by atoms with Gasteiger partial charge < -0.3 is 10.5 Å². The van der Waals surface area contributed by atoms with Crippen molar-refractivity contribution < 1.29 is 17.9 Å². The minimum Gasteiger partial charge on any atom is -0.477 e. The van der Waals surface area contributed by atoms with Crippen LogP contribution >= 0.6 is 0 Å². The second-order valence-electron chi connectivity index (χ2n) is 2.29. The minimum absolute atomic E-state index is 0.185. The van der Waals surface area contributed by atoms with E-state index in [0.717, 1.165) is 0 Å². The molecule has 1 radical (unpaired) electrons. The Hall–Kier alpha value is -1.53. The van der Waals surface area contributed by atoms with E-state index in [1.54, 1.807) is 6.92 Å². The number of nitrogens with two attached hydrogens (primary N) is 1. The summed E-state index contributed by atoms with van der Waals surface area (Å²) in [4.78, 5) is 6.42. The van der Waals surface area contributed by atoms with E-state index in [-0.39, 0.29) is 12.5 Å². The van der Waals surface area contributed by atoms with Crippen LogP contribution in [-0.4, -0.2) is 16.6 Å². The largest absolute Gasteiger partial charge is 0.477 e. The van der Waals surface area contributed by atoms with Crippen LogP contribution in [0.2, 0.25) is 0 Å². The van der Waals surface area contributed by atoms with E-state index in [4.69, 9.17) is 10.5 Å². The normalized spacial score (nSPS) is 11.4. The SMILES string of the molecule is CCOc1[c]c(C(F)(F)F)nc(N)n1. The van der Waals surface area contributed by atoms with Gasteiger partial charge in [0, 0.05) is 0 Å². The number of alkyl halides is 3. The minimum atomic E-state index is -4.59. The first kappa shape index (κ1) is 10.6. The summed E-state index contributed by atoms with van der Waals surface area (Å²) in [5.41, 5.74) is 3.84. The molecule has 0 atom stereocenters. The van der Waals surface area contributed by atoms with Crippen molar-refractivity contribution in [2.75, 3.05) is 12.3 Å². The molecule has 1 aromatic heterocycles. The highest BCUT2D eigenvalue weighted by molar-refractivity contribution is 5.26. The molecule has 1 rings (SSSR count). The van der Waals surface area contributed by atoms with Crippen LogP contribution in [0.25, 0.3) is 0 Å². The van der Waals surface area contributed by atoms with Crippen molar-refractivity contribution >= 4 is 5.95 Å². The first-order valence-electron chi connectivity index (χ1n) is 3.70. The van der Waals surface area contributed by atoms with Gasteiger partial charge in [-0.15, -0.1) is 0 Å². The Balaban J connectivity index is 3.07. The lowest BCUT2D eigenvalue weighted by molar-refractivity contribution is -0.141. The number of ether oxygens (including phenoxy) is 1. The van der Waals surface area contributed by atoms with Crippen molar-refractivity contribution in [3.63, 3.8) is 0 Å². The second-order valence-corrected chi connectivity index (χ2v) is 2.29. The van der Waals surface area contributed by atoms with Gasteiger partial charge >= 0.3 is 6.18 Å². The highest BCUT2D eigenvalue weighted by Gasteiger charge is 2.34. The molecule has 0 aliphatic rings. The molecule has 0 unspecified atom stereocenters. The molecule has 4 nitrogen and oxygen atoms in total. The average Bonchev–Trinajstić information content (AvgIpc) is 2.02. The number of nitrogens with zero attached hydrogens (tertiary/aromatic N) is 2. The summed E-state index contributed by atoms with van der Waals surface area (Å²) in [5, 5.41) is 0. The molecule has 77 valence electrons. The number of aromatic nitrogens is 2. The Bertz CT molecular complexity index is 326. The van der Waals surface area contributed by atoms with E-state index in [1.807, 2.05) is 6.07 Å². The number of nitrogen functional groups attached to an aromatic ring is 1. The molecule has 0 bridgehead atoms. The van der Waals surface area contributed by atoms with E-state index in [1.165, 1.54) is 0 Å². The summed E-state index contributed by atoms with van der Waals surface area (Å²) in [5.74, 6) is -0.785. The number of halogens is 3. The molecule has 0 amide bonds. The highest BCUT2D eigenvalue weighted by Crippen LogP contribution is 2.29.